The number of rotatable bonds is 0. The second-order valence-corrected chi connectivity index (χ2v) is 9.65. The van der Waals surface area contributed by atoms with E-state index in [0.717, 1.165) is 29.6 Å². The average molecular weight is 315 g/mol. The normalized spacial score (nSPS) is 67.0. The molecule has 19 heavy (non-hydrogen) atoms. The third kappa shape index (κ3) is 1.03. The minimum atomic E-state index is 0.218. The Hall–Kier alpha value is -0.400. The van der Waals surface area contributed by atoms with Crippen LogP contribution in [0.15, 0.2) is 0 Å². The summed E-state index contributed by atoms with van der Waals surface area (Å²) in [4.78, 5) is 0. The van der Waals surface area contributed by atoms with E-state index in [1.165, 1.54) is 38.5 Å². The number of alkyl halides is 1. The molecule has 0 aromatic rings. The lowest BCUT2D eigenvalue weighted by atomic mass is 9.30. The predicted molar refractivity (Wildman–Crippen MR) is 79.3 cm³/mol. The Morgan fingerprint density at radius 3 is 1.84 bits per heavy atom. The van der Waals surface area contributed by atoms with Gasteiger partial charge in [-0.3, -0.25) is 0 Å². The molecule has 7 fully saturated rings. The standard InChI is InChI=1S/C18H19Br/c1-3-16-5-11-12-6-17(4-2)7-13(11)15(9-16)18(19,10-17)14(12)8-16/h1-2,11-15H,5-10H2. The van der Waals surface area contributed by atoms with Crippen molar-refractivity contribution in [1.29, 1.82) is 0 Å². The first kappa shape index (κ1) is 11.3. The third-order valence-corrected chi connectivity index (χ3v) is 9.15. The molecular weight excluding hydrogens is 296 g/mol. The molecular formula is C18H19Br. The summed E-state index contributed by atoms with van der Waals surface area (Å²) < 4.78 is 0.336. The molecule has 0 aromatic heterocycles. The molecule has 7 saturated carbocycles. The number of hydrogen-bond acceptors (Lipinski definition) is 0. The fourth-order valence-corrected chi connectivity index (χ4v) is 8.77. The highest BCUT2D eigenvalue weighted by Crippen LogP contribution is 2.79. The summed E-state index contributed by atoms with van der Waals surface area (Å²) in [5, 5.41) is 0. The van der Waals surface area contributed by atoms with Crippen molar-refractivity contribution in [2.45, 2.75) is 42.8 Å². The maximum Gasteiger partial charge on any atom is 0.0335 e. The van der Waals surface area contributed by atoms with Crippen molar-refractivity contribution >= 4 is 15.9 Å². The maximum absolute atomic E-state index is 5.94. The molecule has 0 N–H and O–H groups in total. The predicted octanol–water partition coefficient (Wildman–Crippen LogP) is 3.85. The van der Waals surface area contributed by atoms with Gasteiger partial charge in [0.25, 0.3) is 0 Å². The Morgan fingerprint density at radius 1 is 0.789 bits per heavy atom. The second-order valence-electron chi connectivity index (χ2n) is 8.18. The minimum absolute atomic E-state index is 0.218. The number of halogens is 1. The van der Waals surface area contributed by atoms with E-state index in [1.807, 2.05) is 0 Å². The van der Waals surface area contributed by atoms with Crippen LogP contribution in [0.4, 0.5) is 0 Å². The topological polar surface area (TPSA) is 0 Å². The van der Waals surface area contributed by atoms with Gasteiger partial charge >= 0.3 is 0 Å². The molecule has 0 aromatic carbocycles. The van der Waals surface area contributed by atoms with Gasteiger partial charge in [0.15, 0.2) is 0 Å². The van der Waals surface area contributed by atoms with Gasteiger partial charge in [-0.2, -0.15) is 0 Å². The molecule has 0 amide bonds. The lowest BCUT2D eigenvalue weighted by Gasteiger charge is -2.76. The van der Waals surface area contributed by atoms with Crippen molar-refractivity contribution in [3.05, 3.63) is 0 Å². The molecule has 7 aliphatic carbocycles. The van der Waals surface area contributed by atoms with Crippen molar-refractivity contribution in [3.8, 4) is 24.7 Å². The summed E-state index contributed by atoms with van der Waals surface area (Å²) >= 11 is 4.21. The highest BCUT2D eigenvalue weighted by atomic mass is 79.9. The van der Waals surface area contributed by atoms with Crippen LogP contribution in [0, 0.1) is 65.1 Å². The Balaban J connectivity index is 1.70. The van der Waals surface area contributed by atoms with Gasteiger partial charge < -0.3 is 0 Å². The van der Waals surface area contributed by atoms with Gasteiger partial charge in [0.2, 0.25) is 0 Å². The zero-order valence-electron chi connectivity index (χ0n) is 11.2. The van der Waals surface area contributed by atoms with Crippen LogP contribution in [0.3, 0.4) is 0 Å². The lowest BCUT2D eigenvalue weighted by molar-refractivity contribution is -0.216. The maximum atomic E-state index is 5.94. The fraction of sp³-hybridized carbons (Fsp3) is 0.778. The van der Waals surface area contributed by atoms with Gasteiger partial charge in [-0.1, -0.05) is 27.8 Å². The zero-order chi connectivity index (χ0) is 13.0. The summed E-state index contributed by atoms with van der Waals surface area (Å²) in [6.45, 7) is 0. The van der Waals surface area contributed by atoms with Crippen LogP contribution in [0.2, 0.25) is 0 Å². The molecule has 0 radical (unpaired) electrons. The molecule has 0 aliphatic heterocycles. The highest BCUT2D eigenvalue weighted by Gasteiger charge is 2.74. The molecule has 1 heteroatoms. The van der Waals surface area contributed by atoms with Crippen LogP contribution in [0.25, 0.3) is 0 Å². The van der Waals surface area contributed by atoms with Crippen molar-refractivity contribution in [2.75, 3.05) is 0 Å². The SMILES string of the molecule is C#CC12CC3C4CC5(C#C)CC3C(C1)C(Br)(C5)C4C2. The molecule has 4 atom stereocenters. The van der Waals surface area contributed by atoms with Crippen LogP contribution in [0.1, 0.15) is 38.5 Å². The summed E-state index contributed by atoms with van der Waals surface area (Å²) in [5.74, 6) is 10.7. The van der Waals surface area contributed by atoms with Crippen LogP contribution < -0.4 is 0 Å². The smallest absolute Gasteiger partial charge is 0.0335 e. The Kier molecular flexibility index (Phi) is 1.75. The molecule has 0 saturated heterocycles. The van der Waals surface area contributed by atoms with Gasteiger partial charge in [-0.15, -0.1) is 12.8 Å². The molecule has 4 unspecified atom stereocenters. The van der Waals surface area contributed by atoms with E-state index in [1.54, 1.807) is 0 Å². The van der Waals surface area contributed by atoms with Crippen molar-refractivity contribution in [2.24, 2.45) is 40.4 Å². The van der Waals surface area contributed by atoms with Gasteiger partial charge in [0.1, 0.15) is 0 Å². The van der Waals surface area contributed by atoms with Crippen molar-refractivity contribution in [3.63, 3.8) is 0 Å². The Labute approximate surface area is 124 Å². The third-order valence-electron chi connectivity index (χ3n) is 7.69. The molecule has 7 aliphatic rings. The van der Waals surface area contributed by atoms with Gasteiger partial charge in [-0.25, -0.2) is 0 Å². The lowest BCUT2D eigenvalue weighted by Crippen LogP contribution is -2.73. The summed E-state index contributed by atoms with van der Waals surface area (Å²) in [6, 6.07) is 0. The number of terminal acetylenes is 2. The summed E-state index contributed by atoms with van der Waals surface area (Å²) in [5.41, 5.74) is 0.466. The van der Waals surface area contributed by atoms with Gasteiger partial charge in [-0.05, 0) is 68.1 Å². The van der Waals surface area contributed by atoms with Crippen LogP contribution in [-0.2, 0) is 0 Å². The van der Waals surface area contributed by atoms with Crippen molar-refractivity contribution in [1.82, 2.24) is 0 Å². The first-order valence-corrected chi connectivity index (χ1v) is 8.49. The first-order chi connectivity index (χ1) is 9.05. The summed E-state index contributed by atoms with van der Waals surface area (Å²) in [7, 11) is 0. The molecule has 8 bridgehead atoms. The van der Waals surface area contributed by atoms with E-state index < -0.39 is 0 Å². The molecule has 0 nitrogen and oxygen atoms in total. The van der Waals surface area contributed by atoms with Gasteiger partial charge in [0.05, 0.1) is 0 Å². The average Bonchev–Trinajstić information content (AvgIpc) is 2.44. The molecule has 98 valence electrons. The van der Waals surface area contributed by atoms with E-state index in [4.69, 9.17) is 12.8 Å². The van der Waals surface area contributed by atoms with E-state index in [0.29, 0.717) is 4.32 Å². The van der Waals surface area contributed by atoms with E-state index in [2.05, 4.69) is 27.8 Å². The first-order valence-electron chi connectivity index (χ1n) is 7.69. The summed E-state index contributed by atoms with van der Waals surface area (Å²) in [6.07, 6.45) is 19.5. The van der Waals surface area contributed by atoms with Crippen LogP contribution >= 0.6 is 15.9 Å². The van der Waals surface area contributed by atoms with Crippen LogP contribution in [-0.4, -0.2) is 4.32 Å². The monoisotopic (exact) mass is 314 g/mol. The van der Waals surface area contributed by atoms with E-state index in [9.17, 15) is 0 Å². The fourth-order valence-electron chi connectivity index (χ4n) is 7.23. The molecule has 0 spiro atoms. The molecule has 0 heterocycles. The molecule has 7 rings (SSSR count). The van der Waals surface area contributed by atoms with E-state index in [-0.39, 0.29) is 10.8 Å². The zero-order valence-corrected chi connectivity index (χ0v) is 12.7. The minimum Gasteiger partial charge on any atom is -0.120 e. The van der Waals surface area contributed by atoms with Crippen molar-refractivity contribution < 1.29 is 0 Å². The Morgan fingerprint density at radius 2 is 1.32 bits per heavy atom. The number of hydrogen-bond donors (Lipinski definition) is 0. The quantitative estimate of drug-likeness (QED) is 0.470. The van der Waals surface area contributed by atoms with Gasteiger partial charge in [0, 0.05) is 15.2 Å². The van der Waals surface area contributed by atoms with E-state index >= 15 is 0 Å². The Bertz CT molecular complexity index is 535. The second kappa shape index (κ2) is 2.94. The largest absolute Gasteiger partial charge is 0.120 e. The highest BCUT2D eigenvalue weighted by molar-refractivity contribution is 9.10. The van der Waals surface area contributed by atoms with Crippen LogP contribution in [0.5, 0.6) is 0 Å².